The third-order valence-electron chi connectivity index (χ3n) is 3.97. The highest BCUT2D eigenvalue weighted by Gasteiger charge is 2.13. The number of benzene rings is 1. The number of carbonyl (C=O) groups is 1. The van der Waals surface area contributed by atoms with Gasteiger partial charge in [-0.05, 0) is 37.1 Å². The van der Waals surface area contributed by atoms with E-state index in [1.165, 1.54) is 22.2 Å². The lowest BCUT2D eigenvalue weighted by Crippen LogP contribution is -2.37. The number of rotatable bonds is 5. The fourth-order valence-corrected chi connectivity index (χ4v) is 3.58. The molecule has 3 aromatic rings. The Kier molecular flexibility index (Phi) is 5.20. The summed E-state index contributed by atoms with van der Waals surface area (Å²) in [6.45, 7) is 3.90. The molecule has 7 heteroatoms. The Morgan fingerprint density at radius 3 is 2.76 bits per heavy atom. The Hall–Kier alpha value is -2.18. The van der Waals surface area contributed by atoms with Crippen molar-refractivity contribution in [1.29, 1.82) is 0 Å². The van der Waals surface area contributed by atoms with E-state index in [4.69, 9.17) is 11.6 Å². The molecule has 0 saturated carbocycles. The van der Waals surface area contributed by atoms with E-state index < -0.39 is 0 Å². The van der Waals surface area contributed by atoms with Crippen LogP contribution in [0.25, 0.3) is 20.7 Å². The van der Waals surface area contributed by atoms with Gasteiger partial charge in [0, 0.05) is 15.9 Å². The van der Waals surface area contributed by atoms with Crippen molar-refractivity contribution in [2.45, 2.75) is 32.9 Å². The highest BCUT2D eigenvalue weighted by atomic mass is 35.5. The second-order valence-corrected chi connectivity index (χ2v) is 7.37. The molecule has 0 radical (unpaired) electrons. The minimum atomic E-state index is -0.200. The minimum Gasteiger partial charge on any atom is -0.352 e. The van der Waals surface area contributed by atoms with Gasteiger partial charge in [-0.25, -0.2) is 4.98 Å². The van der Waals surface area contributed by atoms with Gasteiger partial charge in [0.2, 0.25) is 5.91 Å². The number of carbonyl (C=O) groups excluding carboxylic acids is 1. The summed E-state index contributed by atoms with van der Waals surface area (Å²) in [6, 6.07) is 9.40. The highest BCUT2D eigenvalue weighted by Crippen LogP contribution is 2.31. The third-order valence-corrected chi connectivity index (χ3v) is 5.38. The zero-order valence-electron chi connectivity index (χ0n) is 14.0. The van der Waals surface area contributed by atoms with Gasteiger partial charge in [0.25, 0.3) is 5.56 Å². The van der Waals surface area contributed by atoms with Crippen LogP contribution >= 0.6 is 22.9 Å². The Morgan fingerprint density at radius 1 is 1.36 bits per heavy atom. The molecule has 0 aliphatic rings. The van der Waals surface area contributed by atoms with Crippen molar-refractivity contribution >= 4 is 39.1 Å². The monoisotopic (exact) mass is 375 g/mol. The molecule has 0 bridgehead atoms. The predicted molar refractivity (Wildman–Crippen MR) is 102 cm³/mol. The topological polar surface area (TPSA) is 64.0 Å². The van der Waals surface area contributed by atoms with Crippen LogP contribution in [0.4, 0.5) is 0 Å². The number of halogens is 1. The standard InChI is InChI=1S/C18H18ClN3O2S/c1-3-11(2)21-16(23)9-22-10-20-14-8-15(25-17(14)18(22)24)12-4-6-13(19)7-5-12/h4-8,10-11H,3,9H2,1-2H3,(H,21,23)/t11-/m0/s1. The fraction of sp³-hybridized carbons (Fsp3) is 0.278. The molecular weight excluding hydrogens is 358 g/mol. The number of fused-ring (bicyclic) bond motifs is 1. The van der Waals surface area contributed by atoms with Gasteiger partial charge in [0.05, 0.1) is 11.8 Å². The quantitative estimate of drug-likeness (QED) is 0.739. The molecular formula is C18H18ClN3O2S. The molecule has 0 unspecified atom stereocenters. The average Bonchev–Trinajstić information content (AvgIpc) is 3.03. The number of amides is 1. The lowest BCUT2D eigenvalue weighted by molar-refractivity contribution is -0.122. The Labute approximate surface area is 154 Å². The number of aromatic nitrogens is 2. The maximum Gasteiger partial charge on any atom is 0.271 e. The van der Waals surface area contributed by atoms with E-state index in [1.807, 2.05) is 44.2 Å². The third kappa shape index (κ3) is 3.91. The number of nitrogens with zero attached hydrogens (tertiary/aromatic N) is 2. The van der Waals surface area contributed by atoms with Crippen LogP contribution in [0.3, 0.4) is 0 Å². The molecule has 1 N–H and O–H groups in total. The van der Waals surface area contributed by atoms with Crippen LogP contribution in [0.15, 0.2) is 41.5 Å². The van der Waals surface area contributed by atoms with E-state index in [2.05, 4.69) is 10.3 Å². The summed E-state index contributed by atoms with van der Waals surface area (Å²) in [6.07, 6.45) is 2.27. The molecule has 0 fully saturated rings. The first-order valence-corrected chi connectivity index (χ1v) is 9.21. The molecule has 1 amide bonds. The molecule has 0 aliphatic heterocycles. The smallest absolute Gasteiger partial charge is 0.271 e. The Balaban J connectivity index is 1.91. The van der Waals surface area contributed by atoms with Crippen LogP contribution in [-0.4, -0.2) is 21.5 Å². The first kappa shape index (κ1) is 17.6. The largest absolute Gasteiger partial charge is 0.352 e. The maximum atomic E-state index is 12.7. The normalized spacial score (nSPS) is 12.3. The summed E-state index contributed by atoms with van der Waals surface area (Å²) >= 11 is 7.29. The summed E-state index contributed by atoms with van der Waals surface area (Å²) in [5.74, 6) is -0.188. The maximum absolute atomic E-state index is 12.7. The molecule has 130 valence electrons. The van der Waals surface area contributed by atoms with Gasteiger partial charge in [-0.3, -0.25) is 14.2 Å². The second-order valence-electron chi connectivity index (χ2n) is 5.89. The van der Waals surface area contributed by atoms with Crippen molar-refractivity contribution in [2.24, 2.45) is 0 Å². The molecule has 3 rings (SSSR count). The van der Waals surface area contributed by atoms with Gasteiger partial charge in [-0.2, -0.15) is 0 Å². The first-order chi connectivity index (χ1) is 12.0. The molecule has 2 heterocycles. The molecule has 1 atom stereocenters. The predicted octanol–water partition coefficient (Wildman–Crippen LogP) is 3.69. The van der Waals surface area contributed by atoms with Crippen molar-refractivity contribution in [3.8, 4) is 10.4 Å². The lowest BCUT2D eigenvalue weighted by Gasteiger charge is -2.11. The molecule has 2 aromatic heterocycles. The molecule has 0 spiro atoms. The minimum absolute atomic E-state index is 0.0275. The van der Waals surface area contributed by atoms with Crippen LogP contribution in [-0.2, 0) is 11.3 Å². The highest BCUT2D eigenvalue weighted by molar-refractivity contribution is 7.22. The van der Waals surface area contributed by atoms with Crippen LogP contribution in [0.5, 0.6) is 0 Å². The zero-order chi connectivity index (χ0) is 18.0. The summed E-state index contributed by atoms with van der Waals surface area (Å²) in [5.41, 5.74) is 1.42. The van der Waals surface area contributed by atoms with E-state index >= 15 is 0 Å². The SMILES string of the molecule is CC[C@H](C)NC(=O)Cn1cnc2cc(-c3ccc(Cl)cc3)sc2c1=O. The van der Waals surface area contributed by atoms with E-state index in [0.29, 0.717) is 15.2 Å². The molecule has 0 saturated heterocycles. The van der Waals surface area contributed by atoms with Crippen molar-refractivity contribution < 1.29 is 4.79 Å². The second kappa shape index (κ2) is 7.37. The van der Waals surface area contributed by atoms with Gasteiger partial charge in [0.1, 0.15) is 11.2 Å². The Bertz CT molecular complexity index is 963. The lowest BCUT2D eigenvalue weighted by atomic mass is 10.2. The molecule has 0 aliphatic carbocycles. The average molecular weight is 376 g/mol. The van der Waals surface area contributed by atoms with Crippen molar-refractivity contribution in [3.05, 3.63) is 52.0 Å². The van der Waals surface area contributed by atoms with Gasteiger partial charge >= 0.3 is 0 Å². The number of nitrogens with one attached hydrogen (secondary N) is 1. The van der Waals surface area contributed by atoms with E-state index in [0.717, 1.165) is 16.9 Å². The summed E-state index contributed by atoms with van der Waals surface area (Å²) < 4.78 is 1.89. The summed E-state index contributed by atoms with van der Waals surface area (Å²) in [7, 11) is 0. The van der Waals surface area contributed by atoms with Gasteiger partial charge in [0.15, 0.2) is 0 Å². The van der Waals surface area contributed by atoms with Gasteiger partial charge in [-0.15, -0.1) is 11.3 Å². The van der Waals surface area contributed by atoms with E-state index in [-0.39, 0.29) is 24.1 Å². The van der Waals surface area contributed by atoms with Crippen LogP contribution in [0.2, 0.25) is 5.02 Å². The molecule has 25 heavy (non-hydrogen) atoms. The fourth-order valence-electron chi connectivity index (χ4n) is 2.39. The van der Waals surface area contributed by atoms with Crippen LogP contribution in [0, 0.1) is 0 Å². The summed E-state index contributed by atoms with van der Waals surface area (Å²) in [4.78, 5) is 29.9. The summed E-state index contributed by atoms with van der Waals surface area (Å²) in [5, 5.41) is 3.52. The Morgan fingerprint density at radius 2 is 2.08 bits per heavy atom. The van der Waals surface area contributed by atoms with E-state index in [1.54, 1.807) is 0 Å². The number of hydrogen-bond acceptors (Lipinski definition) is 4. The van der Waals surface area contributed by atoms with Crippen LogP contribution < -0.4 is 10.9 Å². The number of hydrogen-bond donors (Lipinski definition) is 1. The first-order valence-electron chi connectivity index (χ1n) is 8.02. The van der Waals surface area contributed by atoms with Crippen molar-refractivity contribution in [2.75, 3.05) is 0 Å². The molecule has 5 nitrogen and oxygen atoms in total. The zero-order valence-corrected chi connectivity index (χ0v) is 15.5. The van der Waals surface area contributed by atoms with Crippen molar-refractivity contribution in [1.82, 2.24) is 14.9 Å². The van der Waals surface area contributed by atoms with E-state index in [9.17, 15) is 9.59 Å². The van der Waals surface area contributed by atoms with Crippen LogP contribution in [0.1, 0.15) is 20.3 Å². The van der Waals surface area contributed by atoms with Gasteiger partial charge in [-0.1, -0.05) is 30.7 Å². The van der Waals surface area contributed by atoms with Gasteiger partial charge < -0.3 is 5.32 Å². The van der Waals surface area contributed by atoms with Crippen molar-refractivity contribution in [3.63, 3.8) is 0 Å². The number of thiophene rings is 1. The molecule has 1 aromatic carbocycles.